The molecule has 106 valence electrons. The first kappa shape index (κ1) is 14.8. The van der Waals surface area contributed by atoms with Crippen molar-refractivity contribution in [3.05, 3.63) is 23.2 Å². The number of rotatable bonds is 4. The van der Waals surface area contributed by atoms with E-state index in [-0.39, 0.29) is 0 Å². The minimum absolute atomic E-state index is 0.409. The molecule has 1 fully saturated rings. The fourth-order valence-electron chi connectivity index (χ4n) is 1.98. The second kappa shape index (κ2) is 6.24. The van der Waals surface area contributed by atoms with Crippen LogP contribution in [-0.2, 0) is 10.0 Å². The monoisotopic (exact) mass is 320 g/mol. The van der Waals surface area contributed by atoms with Gasteiger partial charge in [0.1, 0.15) is 0 Å². The molecule has 0 radical (unpaired) electrons. The molecule has 1 aliphatic heterocycles. The van der Waals surface area contributed by atoms with E-state index in [1.807, 2.05) is 11.8 Å². The van der Waals surface area contributed by atoms with Crippen molar-refractivity contribution in [2.45, 2.75) is 18.9 Å². The van der Waals surface area contributed by atoms with Crippen LogP contribution in [0.2, 0.25) is 5.02 Å². The Morgan fingerprint density at radius 3 is 2.63 bits per heavy atom. The minimum atomic E-state index is -3.26. The fourth-order valence-corrected chi connectivity index (χ4v) is 3.81. The average molecular weight is 321 g/mol. The fraction of sp³-hybridized carbons (Fsp3) is 0.500. The zero-order valence-electron chi connectivity index (χ0n) is 10.6. The predicted molar refractivity (Wildman–Crippen MR) is 83.9 cm³/mol. The van der Waals surface area contributed by atoms with Crippen molar-refractivity contribution in [1.82, 2.24) is 0 Å². The first-order chi connectivity index (χ1) is 8.94. The zero-order valence-corrected chi connectivity index (χ0v) is 13.0. The second-order valence-electron chi connectivity index (χ2n) is 4.60. The summed E-state index contributed by atoms with van der Waals surface area (Å²) >= 11 is 8.10. The van der Waals surface area contributed by atoms with Crippen LogP contribution in [0.25, 0.3) is 0 Å². The maximum Gasteiger partial charge on any atom is 0.229 e. The molecule has 0 unspecified atom stereocenters. The highest BCUT2D eigenvalue weighted by molar-refractivity contribution is 7.99. The number of anilines is 2. The molecule has 0 aromatic heterocycles. The van der Waals surface area contributed by atoms with Crippen molar-refractivity contribution >= 4 is 44.8 Å². The molecule has 7 heteroatoms. The molecule has 0 aliphatic carbocycles. The van der Waals surface area contributed by atoms with Gasteiger partial charge in [0, 0.05) is 6.04 Å². The molecule has 2 rings (SSSR count). The van der Waals surface area contributed by atoms with Crippen molar-refractivity contribution < 1.29 is 8.42 Å². The van der Waals surface area contributed by atoms with Gasteiger partial charge in [0.15, 0.2) is 0 Å². The van der Waals surface area contributed by atoms with E-state index in [2.05, 4.69) is 10.0 Å². The molecule has 1 aromatic carbocycles. The molecular weight excluding hydrogens is 304 g/mol. The Balaban J connectivity index is 2.12. The lowest BCUT2D eigenvalue weighted by Crippen LogP contribution is -2.24. The molecule has 0 amide bonds. The van der Waals surface area contributed by atoms with Crippen LogP contribution in [-0.4, -0.2) is 32.2 Å². The molecule has 0 atom stereocenters. The summed E-state index contributed by atoms with van der Waals surface area (Å²) < 4.78 is 24.9. The highest BCUT2D eigenvalue weighted by Crippen LogP contribution is 2.29. The summed E-state index contributed by atoms with van der Waals surface area (Å²) in [6.07, 6.45) is 3.34. The summed E-state index contributed by atoms with van der Waals surface area (Å²) in [7, 11) is -3.26. The van der Waals surface area contributed by atoms with E-state index in [1.165, 1.54) is 0 Å². The smallest absolute Gasteiger partial charge is 0.229 e. The molecule has 2 N–H and O–H groups in total. The van der Waals surface area contributed by atoms with Gasteiger partial charge in [0.25, 0.3) is 0 Å². The van der Waals surface area contributed by atoms with E-state index in [1.54, 1.807) is 18.2 Å². The molecule has 1 aromatic rings. The van der Waals surface area contributed by atoms with Gasteiger partial charge in [0.05, 0.1) is 22.7 Å². The molecule has 1 heterocycles. The first-order valence-corrected chi connectivity index (χ1v) is 9.48. The van der Waals surface area contributed by atoms with Gasteiger partial charge in [-0.2, -0.15) is 11.8 Å². The van der Waals surface area contributed by atoms with Crippen LogP contribution in [0.15, 0.2) is 18.2 Å². The van der Waals surface area contributed by atoms with Crippen LogP contribution in [0.3, 0.4) is 0 Å². The molecule has 0 bridgehead atoms. The van der Waals surface area contributed by atoms with Gasteiger partial charge in [-0.25, -0.2) is 8.42 Å². The summed E-state index contributed by atoms with van der Waals surface area (Å²) in [5, 5.41) is 4.00. The van der Waals surface area contributed by atoms with Gasteiger partial charge in [-0.3, -0.25) is 4.72 Å². The Bertz CT molecular complexity index is 543. The van der Waals surface area contributed by atoms with Crippen LogP contribution < -0.4 is 10.0 Å². The maximum atomic E-state index is 11.2. The van der Waals surface area contributed by atoms with Gasteiger partial charge in [-0.15, -0.1) is 0 Å². The molecule has 1 saturated heterocycles. The maximum absolute atomic E-state index is 11.2. The van der Waals surface area contributed by atoms with E-state index in [9.17, 15) is 8.42 Å². The number of thioether (sulfide) groups is 1. The lowest BCUT2D eigenvalue weighted by Gasteiger charge is -2.24. The van der Waals surface area contributed by atoms with Crippen molar-refractivity contribution in [3.8, 4) is 0 Å². The summed E-state index contributed by atoms with van der Waals surface area (Å²) in [5.74, 6) is 2.30. The molecular formula is C12H17ClN2O2S2. The van der Waals surface area contributed by atoms with Crippen molar-refractivity contribution in [2.75, 3.05) is 27.8 Å². The van der Waals surface area contributed by atoms with E-state index in [0.29, 0.717) is 16.8 Å². The Hall–Kier alpha value is -0.590. The molecule has 0 saturated carbocycles. The number of hydrogen-bond acceptors (Lipinski definition) is 4. The van der Waals surface area contributed by atoms with Crippen LogP contribution in [0.4, 0.5) is 11.4 Å². The summed E-state index contributed by atoms with van der Waals surface area (Å²) in [6.45, 7) is 0. The van der Waals surface area contributed by atoms with Crippen molar-refractivity contribution in [3.63, 3.8) is 0 Å². The number of benzene rings is 1. The molecule has 0 spiro atoms. The normalized spacial score (nSPS) is 17.2. The number of nitrogens with one attached hydrogen (secondary N) is 2. The molecule has 19 heavy (non-hydrogen) atoms. The third kappa shape index (κ3) is 4.78. The number of hydrogen-bond donors (Lipinski definition) is 2. The Morgan fingerprint density at radius 1 is 1.32 bits per heavy atom. The Kier molecular flexibility index (Phi) is 4.86. The van der Waals surface area contributed by atoms with Gasteiger partial charge in [-0.1, -0.05) is 11.6 Å². The van der Waals surface area contributed by atoms with E-state index in [4.69, 9.17) is 11.6 Å². The van der Waals surface area contributed by atoms with Crippen LogP contribution >= 0.6 is 23.4 Å². The Morgan fingerprint density at radius 2 is 2.00 bits per heavy atom. The van der Waals surface area contributed by atoms with Gasteiger partial charge >= 0.3 is 0 Å². The second-order valence-corrected chi connectivity index (χ2v) is 7.98. The van der Waals surface area contributed by atoms with Crippen molar-refractivity contribution in [2.24, 2.45) is 0 Å². The quantitative estimate of drug-likeness (QED) is 0.895. The average Bonchev–Trinajstić information content (AvgIpc) is 2.33. The van der Waals surface area contributed by atoms with E-state index in [0.717, 1.165) is 36.3 Å². The lowest BCUT2D eigenvalue weighted by atomic mass is 10.1. The molecule has 1 aliphatic rings. The summed E-state index contributed by atoms with van der Waals surface area (Å²) in [5.41, 5.74) is 1.31. The van der Waals surface area contributed by atoms with Crippen molar-refractivity contribution in [1.29, 1.82) is 0 Å². The van der Waals surface area contributed by atoms with Gasteiger partial charge in [0.2, 0.25) is 10.0 Å². The van der Waals surface area contributed by atoms with Crippen LogP contribution in [0.1, 0.15) is 12.8 Å². The SMILES string of the molecule is CS(=O)(=O)Nc1ccc(Cl)c(NC2CCSCC2)c1. The largest absolute Gasteiger partial charge is 0.381 e. The van der Waals surface area contributed by atoms with Gasteiger partial charge in [-0.05, 0) is 42.5 Å². The third-order valence-corrected chi connectivity index (χ3v) is 4.84. The van der Waals surface area contributed by atoms with Gasteiger partial charge < -0.3 is 5.32 Å². The molecule has 4 nitrogen and oxygen atoms in total. The minimum Gasteiger partial charge on any atom is -0.381 e. The third-order valence-electron chi connectivity index (χ3n) is 2.85. The predicted octanol–water partition coefficient (Wildman–Crippen LogP) is 3.02. The zero-order chi connectivity index (χ0) is 13.9. The van der Waals surface area contributed by atoms with Crippen LogP contribution in [0, 0.1) is 0 Å². The first-order valence-electron chi connectivity index (χ1n) is 6.06. The number of halogens is 1. The standard InChI is InChI=1S/C12H17ClN2O2S2/c1-19(16,17)15-10-2-3-11(13)12(8-10)14-9-4-6-18-7-5-9/h2-3,8-9,14-15H,4-7H2,1H3. The summed E-state index contributed by atoms with van der Waals surface area (Å²) in [4.78, 5) is 0. The number of sulfonamides is 1. The van der Waals surface area contributed by atoms with E-state index >= 15 is 0 Å². The topological polar surface area (TPSA) is 58.2 Å². The highest BCUT2D eigenvalue weighted by Gasteiger charge is 2.15. The van der Waals surface area contributed by atoms with E-state index < -0.39 is 10.0 Å². The highest BCUT2D eigenvalue weighted by atomic mass is 35.5. The Labute approximate surface area is 123 Å². The van der Waals surface area contributed by atoms with Crippen LogP contribution in [0.5, 0.6) is 0 Å². The lowest BCUT2D eigenvalue weighted by molar-refractivity contribution is 0.607. The summed E-state index contributed by atoms with van der Waals surface area (Å²) in [6, 6.07) is 5.51.